The largest absolute Gasteiger partial charge is 0.480 e. The van der Waals surface area contributed by atoms with Crippen molar-refractivity contribution in [2.24, 2.45) is 5.92 Å². The SMILES string of the molecule is CC1CCN1C(C(=O)O)C1CC1. The predicted octanol–water partition coefficient (Wildman–Crippen LogP) is 0.944. The van der Waals surface area contributed by atoms with Crippen LogP contribution in [-0.4, -0.2) is 34.6 Å². The Hall–Kier alpha value is -0.570. The number of rotatable bonds is 3. The highest BCUT2D eigenvalue weighted by Crippen LogP contribution is 2.38. The van der Waals surface area contributed by atoms with Gasteiger partial charge < -0.3 is 5.11 Å². The molecular weight excluding hydrogens is 154 g/mol. The second-order valence-corrected chi connectivity index (χ2v) is 4.00. The predicted molar refractivity (Wildman–Crippen MR) is 44.9 cm³/mol. The Kier molecular flexibility index (Phi) is 1.83. The van der Waals surface area contributed by atoms with E-state index < -0.39 is 5.97 Å². The van der Waals surface area contributed by atoms with Crippen LogP contribution in [0.5, 0.6) is 0 Å². The minimum Gasteiger partial charge on any atom is -0.480 e. The molecule has 12 heavy (non-hydrogen) atoms. The highest BCUT2D eigenvalue weighted by Gasteiger charge is 2.44. The fourth-order valence-corrected chi connectivity index (χ4v) is 1.98. The number of hydrogen-bond acceptors (Lipinski definition) is 2. The zero-order valence-electron chi connectivity index (χ0n) is 7.36. The average Bonchev–Trinajstić information content (AvgIpc) is 2.78. The molecule has 2 rings (SSSR count). The summed E-state index contributed by atoms with van der Waals surface area (Å²) in [7, 11) is 0. The minimum atomic E-state index is -0.621. The molecule has 2 atom stereocenters. The maximum atomic E-state index is 10.9. The molecule has 1 heterocycles. The third kappa shape index (κ3) is 1.22. The Morgan fingerprint density at radius 1 is 1.50 bits per heavy atom. The number of carbonyl (C=O) groups is 1. The van der Waals surface area contributed by atoms with Gasteiger partial charge in [-0.25, -0.2) is 0 Å². The Morgan fingerprint density at radius 2 is 2.17 bits per heavy atom. The van der Waals surface area contributed by atoms with Crippen molar-refractivity contribution in [3.8, 4) is 0 Å². The molecule has 2 aliphatic rings. The van der Waals surface area contributed by atoms with Crippen LogP contribution in [-0.2, 0) is 4.79 Å². The van der Waals surface area contributed by atoms with E-state index in [2.05, 4.69) is 11.8 Å². The first kappa shape index (κ1) is 8.05. The van der Waals surface area contributed by atoms with Gasteiger partial charge in [0.05, 0.1) is 0 Å². The molecule has 1 aliphatic heterocycles. The summed E-state index contributed by atoms with van der Waals surface area (Å²) in [6, 6.07) is 0.320. The van der Waals surface area contributed by atoms with Gasteiger partial charge in [0.1, 0.15) is 6.04 Å². The van der Waals surface area contributed by atoms with E-state index in [0.29, 0.717) is 12.0 Å². The van der Waals surface area contributed by atoms with Crippen LogP contribution >= 0.6 is 0 Å². The van der Waals surface area contributed by atoms with Crippen molar-refractivity contribution in [1.29, 1.82) is 0 Å². The van der Waals surface area contributed by atoms with E-state index in [-0.39, 0.29) is 6.04 Å². The van der Waals surface area contributed by atoms with Gasteiger partial charge in [-0.1, -0.05) is 0 Å². The quantitative estimate of drug-likeness (QED) is 0.683. The molecular formula is C9H15NO2. The molecule has 1 saturated carbocycles. The molecule has 2 unspecified atom stereocenters. The molecule has 0 amide bonds. The van der Waals surface area contributed by atoms with Crippen molar-refractivity contribution in [3.63, 3.8) is 0 Å². The first-order chi connectivity index (χ1) is 5.70. The van der Waals surface area contributed by atoms with E-state index in [4.69, 9.17) is 5.11 Å². The molecule has 68 valence electrons. The lowest BCUT2D eigenvalue weighted by Gasteiger charge is -2.42. The molecule has 0 aromatic rings. The molecule has 0 spiro atoms. The van der Waals surface area contributed by atoms with Gasteiger partial charge in [0.15, 0.2) is 0 Å². The van der Waals surface area contributed by atoms with Crippen LogP contribution in [0, 0.1) is 5.92 Å². The van der Waals surface area contributed by atoms with Crippen molar-refractivity contribution < 1.29 is 9.90 Å². The molecule has 0 aromatic heterocycles. The van der Waals surface area contributed by atoms with Gasteiger partial charge in [-0.05, 0) is 32.1 Å². The lowest BCUT2D eigenvalue weighted by Crippen LogP contribution is -2.55. The van der Waals surface area contributed by atoms with Crippen molar-refractivity contribution in [2.45, 2.75) is 38.3 Å². The second kappa shape index (κ2) is 2.73. The van der Waals surface area contributed by atoms with Crippen LogP contribution in [0.15, 0.2) is 0 Å². The third-order valence-electron chi connectivity index (χ3n) is 3.05. The lowest BCUT2D eigenvalue weighted by molar-refractivity contribution is -0.147. The summed E-state index contributed by atoms with van der Waals surface area (Å²) in [5, 5.41) is 9.00. The molecule has 3 heteroatoms. The summed E-state index contributed by atoms with van der Waals surface area (Å²) in [4.78, 5) is 13.0. The maximum Gasteiger partial charge on any atom is 0.321 e. The number of hydrogen-bond donors (Lipinski definition) is 1. The van der Waals surface area contributed by atoms with Crippen LogP contribution in [0.3, 0.4) is 0 Å². The summed E-state index contributed by atoms with van der Waals surface area (Å²) in [6.45, 7) is 3.09. The summed E-state index contributed by atoms with van der Waals surface area (Å²) < 4.78 is 0. The first-order valence-electron chi connectivity index (χ1n) is 4.68. The van der Waals surface area contributed by atoms with Crippen molar-refractivity contribution >= 4 is 5.97 Å². The van der Waals surface area contributed by atoms with Gasteiger partial charge in [-0.2, -0.15) is 0 Å². The van der Waals surface area contributed by atoms with Gasteiger partial charge in [0, 0.05) is 12.6 Å². The molecule has 1 saturated heterocycles. The zero-order valence-corrected chi connectivity index (χ0v) is 7.36. The van der Waals surface area contributed by atoms with Crippen LogP contribution in [0.25, 0.3) is 0 Å². The van der Waals surface area contributed by atoms with Crippen LogP contribution in [0.4, 0.5) is 0 Å². The summed E-state index contributed by atoms with van der Waals surface area (Å²) in [6.07, 6.45) is 3.39. The Bertz CT molecular complexity index is 201. The van der Waals surface area contributed by atoms with E-state index in [1.807, 2.05) is 0 Å². The number of nitrogens with zero attached hydrogens (tertiary/aromatic N) is 1. The molecule has 2 fully saturated rings. The number of carboxylic acid groups (broad SMARTS) is 1. The van der Waals surface area contributed by atoms with Crippen molar-refractivity contribution in [3.05, 3.63) is 0 Å². The van der Waals surface area contributed by atoms with Gasteiger partial charge in [-0.15, -0.1) is 0 Å². The van der Waals surface area contributed by atoms with E-state index >= 15 is 0 Å². The van der Waals surface area contributed by atoms with E-state index in [0.717, 1.165) is 25.8 Å². The Balaban J connectivity index is 2.00. The summed E-state index contributed by atoms with van der Waals surface area (Å²) in [5.41, 5.74) is 0. The summed E-state index contributed by atoms with van der Waals surface area (Å²) in [5.74, 6) is -0.172. The zero-order chi connectivity index (χ0) is 8.72. The van der Waals surface area contributed by atoms with E-state index in [9.17, 15) is 4.79 Å². The highest BCUT2D eigenvalue weighted by atomic mass is 16.4. The van der Waals surface area contributed by atoms with Gasteiger partial charge in [0.25, 0.3) is 0 Å². The number of aliphatic carboxylic acids is 1. The topological polar surface area (TPSA) is 40.5 Å². The fourth-order valence-electron chi connectivity index (χ4n) is 1.98. The smallest absolute Gasteiger partial charge is 0.321 e. The first-order valence-corrected chi connectivity index (χ1v) is 4.68. The third-order valence-corrected chi connectivity index (χ3v) is 3.05. The monoisotopic (exact) mass is 169 g/mol. The second-order valence-electron chi connectivity index (χ2n) is 4.00. The van der Waals surface area contributed by atoms with Crippen molar-refractivity contribution in [1.82, 2.24) is 4.90 Å². The molecule has 0 bridgehead atoms. The summed E-state index contributed by atoms with van der Waals surface area (Å²) >= 11 is 0. The molecule has 3 nitrogen and oxygen atoms in total. The van der Waals surface area contributed by atoms with Gasteiger partial charge >= 0.3 is 5.97 Å². The molecule has 1 aliphatic carbocycles. The van der Waals surface area contributed by atoms with Crippen LogP contribution in [0.1, 0.15) is 26.2 Å². The fraction of sp³-hybridized carbons (Fsp3) is 0.889. The lowest BCUT2D eigenvalue weighted by atomic mass is 9.99. The van der Waals surface area contributed by atoms with Gasteiger partial charge in [0.2, 0.25) is 0 Å². The number of likely N-dealkylation sites (tertiary alicyclic amines) is 1. The standard InChI is InChI=1S/C9H15NO2/c1-6-4-5-10(6)8(9(11)12)7-2-3-7/h6-8H,2-5H2,1H3,(H,11,12). The van der Waals surface area contributed by atoms with Crippen molar-refractivity contribution in [2.75, 3.05) is 6.54 Å². The Morgan fingerprint density at radius 3 is 2.42 bits per heavy atom. The average molecular weight is 169 g/mol. The number of carboxylic acids is 1. The van der Waals surface area contributed by atoms with Gasteiger partial charge in [-0.3, -0.25) is 9.69 Å². The highest BCUT2D eigenvalue weighted by molar-refractivity contribution is 5.74. The Labute approximate surface area is 72.4 Å². The normalized spacial score (nSPS) is 32.6. The molecule has 0 radical (unpaired) electrons. The van der Waals surface area contributed by atoms with Crippen LogP contribution in [0.2, 0.25) is 0 Å². The molecule has 0 aromatic carbocycles. The maximum absolute atomic E-state index is 10.9. The minimum absolute atomic E-state index is 0.172. The van der Waals surface area contributed by atoms with E-state index in [1.165, 1.54) is 0 Å². The van der Waals surface area contributed by atoms with E-state index in [1.54, 1.807) is 0 Å². The molecule has 1 N–H and O–H groups in total. The van der Waals surface area contributed by atoms with Crippen LogP contribution < -0.4 is 0 Å².